The summed E-state index contributed by atoms with van der Waals surface area (Å²) in [6.45, 7) is 2.32. The van der Waals surface area contributed by atoms with Gasteiger partial charge in [-0.2, -0.15) is 0 Å². The van der Waals surface area contributed by atoms with Crippen molar-refractivity contribution in [3.8, 4) is 0 Å². The summed E-state index contributed by atoms with van der Waals surface area (Å²) in [6, 6.07) is 8.08. The van der Waals surface area contributed by atoms with Gasteiger partial charge in [-0.3, -0.25) is 4.79 Å². The number of hydrogen-bond donors (Lipinski definition) is 1. The summed E-state index contributed by atoms with van der Waals surface area (Å²) in [5.74, 6) is -0.355. The number of nitrogens with one attached hydrogen (secondary N) is 1. The predicted molar refractivity (Wildman–Crippen MR) is 104 cm³/mol. The minimum Gasteiger partial charge on any atom is -0.451 e. The molecule has 0 spiro atoms. The van der Waals surface area contributed by atoms with Crippen LogP contribution in [0.15, 0.2) is 30.3 Å². The van der Waals surface area contributed by atoms with Gasteiger partial charge in [0.05, 0.1) is 0 Å². The molecule has 1 aromatic heterocycles. The number of carbonyl (C=O) groups excluding carboxylic acids is 2. The summed E-state index contributed by atoms with van der Waals surface area (Å²) in [4.78, 5) is 25.9. The minimum atomic E-state index is -0.434. The average Bonchev–Trinajstić information content (AvgIpc) is 3.11. The second-order valence-electron chi connectivity index (χ2n) is 6.88. The first kappa shape index (κ1) is 19.5. The Labute approximate surface area is 162 Å². The molecule has 144 valence electrons. The van der Waals surface area contributed by atoms with Crippen LogP contribution < -0.4 is 5.32 Å². The van der Waals surface area contributed by atoms with Crippen LogP contribution in [-0.4, -0.2) is 25.0 Å². The highest BCUT2D eigenvalue weighted by Crippen LogP contribution is 2.33. The lowest BCUT2D eigenvalue weighted by Gasteiger charge is -2.19. The standard InChI is InChI=1S/C21H24FNO3S/c1-2-14-5-8-18-16(11-14)12-19(27-18)21(25)26-13-20(24)23-10-9-15-3-6-17(22)7-4-15/h3-4,6-7,12,14H,2,5,8-11,13H2,1H3,(H,23,24)/t14-/m1/s1. The molecule has 0 saturated carbocycles. The number of hydrogen-bond acceptors (Lipinski definition) is 4. The fraction of sp³-hybridized carbons (Fsp3) is 0.429. The molecule has 27 heavy (non-hydrogen) atoms. The van der Waals surface area contributed by atoms with Crippen molar-refractivity contribution in [3.63, 3.8) is 0 Å². The molecule has 4 nitrogen and oxygen atoms in total. The lowest BCUT2D eigenvalue weighted by Crippen LogP contribution is -2.30. The largest absolute Gasteiger partial charge is 0.451 e. The topological polar surface area (TPSA) is 55.4 Å². The molecule has 1 aromatic carbocycles. The van der Waals surface area contributed by atoms with Crippen molar-refractivity contribution in [2.45, 2.75) is 39.0 Å². The van der Waals surface area contributed by atoms with Gasteiger partial charge in [0.15, 0.2) is 6.61 Å². The molecule has 6 heteroatoms. The van der Waals surface area contributed by atoms with Gasteiger partial charge in [0.1, 0.15) is 10.7 Å². The van der Waals surface area contributed by atoms with Crippen LogP contribution in [0, 0.1) is 11.7 Å². The molecule has 1 N–H and O–H groups in total. The summed E-state index contributed by atoms with van der Waals surface area (Å²) in [7, 11) is 0. The Morgan fingerprint density at radius 2 is 2.07 bits per heavy atom. The Morgan fingerprint density at radius 1 is 1.30 bits per heavy atom. The monoisotopic (exact) mass is 389 g/mol. The third-order valence-corrected chi connectivity index (χ3v) is 6.16. The lowest BCUT2D eigenvalue weighted by molar-refractivity contribution is -0.124. The quantitative estimate of drug-likeness (QED) is 0.731. The van der Waals surface area contributed by atoms with Crippen molar-refractivity contribution in [3.05, 3.63) is 57.0 Å². The van der Waals surface area contributed by atoms with E-state index >= 15 is 0 Å². The number of amides is 1. The Kier molecular flexibility index (Phi) is 6.61. The van der Waals surface area contributed by atoms with Crippen molar-refractivity contribution < 1.29 is 18.7 Å². The summed E-state index contributed by atoms with van der Waals surface area (Å²) >= 11 is 1.49. The molecule has 0 saturated heterocycles. The van der Waals surface area contributed by atoms with E-state index in [-0.39, 0.29) is 18.3 Å². The lowest BCUT2D eigenvalue weighted by atomic mass is 9.87. The Balaban J connectivity index is 1.41. The van der Waals surface area contributed by atoms with E-state index < -0.39 is 5.97 Å². The fourth-order valence-corrected chi connectivity index (χ4v) is 4.40. The van der Waals surface area contributed by atoms with Crippen molar-refractivity contribution >= 4 is 23.2 Å². The van der Waals surface area contributed by atoms with Crippen molar-refractivity contribution in [1.82, 2.24) is 5.32 Å². The van der Waals surface area contributed by atoms with Crippen molar-refractivity contribution in [1.29, 1.82) is 0 Å². The van der Waals surface area contributed by atoms with Crippen molar-refractivity contribution in [2.24, 2.45) is 5.92 Å². The summed E-state index contributed by atoms with van der Waals surface area (Å²) in [5.41, 5.74) is 2.19. The summed E-state index contributed by atoms with van der Waals surface area (Å²) < 4.78 is 18.0. The Bertz CT molecular complexity index is 800. The van der Waals surface area contributed by atoms with Gasteiger partial charge in [0, 0.05) is 11.4 Å². The van der Waals surface area contributed by atoms with E-state index in [4.69, 9.17) is 4.74 Å². The second-order valence-corrected chi connectivity index (χ2v) is 8.02. The molecule has 0 unspecified atom stereocenters. The molecular weight excluding hydrogens is 365 g/mol. The van der Waals surface area contributed by atoms with Crippen molar-refractivity contribution in [2.75, 3.05) is 13.2 Å². The van der Waals surface area contributed by atoms with Gasteiger partial charge in [-0.05, 0) is 60.9 Å². The SMILES string of the molecule is CC[C@@H]1CCc2sc(C(=O)OCC(=O)NCCc3ccc(F)cc3)cc2C1. The third-order valence-electron chi connectivity index (χ3n) is 4.95. The zero-order valence-electron chi connectivity index (χ0n) is 15.4. The van der Waals surface area contributed by atoms with E-state index in [1.807, 2.05) is 6.07 Å². The zero-order valence-corrected chi connectivity index (χ0v) is 16.2. The van der Waals surface area contributed by atoms with Crippen LogP contribution in [0.3, 0.4) is 0 Å². The van der Waals surface area contributed by atoms with Gasteiger partial charge in [-0.25, -0.2) is 9.18 Å². The molecule has 0 bridgehead atoms. The fourth-order valence-electron chi connectivity index (χ4n) is 3.30. The second kappa shape index (κ2) is 9.13. The maximum Gasteiger partial charge on any atom is 0.348 e. The first-order valence-electron chi connectivity index (χ1n) is 9.35. The van der Waals surface area contributed by atoms with Crippen LogP contribution in [-0.2, 0) is 28.8 Å². The van der Waals surface area contributed by atoms with Crippen LogP contribution >= 0.6 is 11.3 Å². The summed E-state index contributed by atoms with van der Waals surface area (Å²) in [5, 5.41) is 2.71. The van der Waals surface area contributed by atoms with Crippen LogP contribution in [0.5, 0.6) is 0 Å². The molecule has 1 aliphatic rings. The van der Waals surface area contributed by atoms with Gasteiger partial charge in [0.25, 0.3) is 5.91 Å². The van der Waals surface area contributed by atoms with E-state index in [2.05, 4.69) is 12.2 Å². The van der Waals surface area contributed by atoms with Gasteiger partial charge in [0.2, 0.25) is 0 Å². The Morgan fingerprint density at radius 3 is 2.81 bits per heavy atom. The van der Waals surface area contributed by atoms with E-state index in [1.54, 1.807) is 12.1 Å². The zero-order chi connectivity index (χ0) is 19.2. The molecule has 1 amide bonds. The third kappa shape index (κ3) is 5.39. The van der Waals surface area contributed by atoms with E-state index in [1.165, 1.54) is 40.3 Å². The highest BCUT2D eigenvalue weighted by molar-refractivity contribution is 7.14. The number of aryl methyl sites for hydroxylation is 1. The number of rotatable bonds is 7. The van der Waals surface area contributed by atoms with Crippen LogP contribution in [0.1, 0.15) is 45.4 Å². The highest BCUT2D eigenvalue weighted by atomic mass is 32.1. The molecule has 0 fully saturated rings. The molecule has 1 heterocycles. The van der Waals surface area contributed by atoms with Gasteiger partial charge >= 0.3 is 5.97 Å². The minimum absolute atomic E-state index is 0.282. The molecule has 3 rings (SSSR count). The number of benzene rings is 1. The normalized spacial score (nSPS) is 15.9. The number of thiophene rings is 1. The van der Waals surface area contributed by atoms with E-state index in [9.17, 15) is 14.0 Å². The molecule has 1 atom stereocenters. The average molecular weight is 389 g/mol. The predicted octanol–water partition coefficient (Wildman–Crippen LogP) is 3.92. The molecule has 0 aliphatic heterocycles. The van der Waals surface area contributed by atoms with Crippen LogP contribution in [0.2, 0.25) is 0 Å². The van der Waals surface area contributed by atoms with Crippen LogP contribution in [0.25, 0.3) is 0 Å². The van der Waals surface area contributed by atoms with Gasteiger partial charge in [-0.1, -0.05) is 25.5 Å². The smallest absolute Gasteiger partial charge is 0.348 e. The highest BCUT2D eigenvalue weighted by Gasteiger charge is 2.22. The molecule has 1 aliphatic carbocycles. The number of ether oxygens (including phenoxy) is 1. The number of fused-ring (bicyclic) bond motifs is 1. The molecule has 2 aromatic rings. The Hall–Kier alpha value is -2.21. The number of carbonyl (C=O) groups is 2. The number of halogens is 1. The summed E-state index contributed by atoms with van der Waals surface area (Å²) in [6.07, 6.45) is 4.98. The maximum atomic E-state index is 12.8. The van der Waals surface area contributed by atoms with E-state index in [0.717, 1.165) is 24.8 Å². The molecular formula is C21H24FNO3S. The number of esters is 1. The van der Waals surface area contributed by atoms with E-state index in [0.29, 0.717) is 23.8 Å². The molecule has 0 radical (unpaired) electrons. The first-order valence-corrected chi connectivity index (χ1v) is 10.2. The first-order chi connectivity index (χ1) is 13.0. The maximum absolute atomic E-state index is 12.8. The van der Waals surface area contributed by atoms with Crippen LogP contribution in [0.4, 0.5) is 4.39 Å². The van der Waals surface area contributed by atoms with Gasteiger partial charge in [-0.15, -0.1) is 11.3 Å². The van der Waals surface area contributed by atoms with Gasteiger partial charge < -0.3 is 10.1 Å².